The summed E-state index contributed by atoms with van der Waals surface area (Å²) in [5.41, 5.74) is -0.735. The van der Waals surface area contributed by atoms with Crippen LogP contribution in [0.4, 0.5) is 5.69 Å². The second-order valence-corrected chi connectivity index (χ2v) is 4.23. The number of carboxylic acids is 1. The van der Waals surface area contributed by atoms with Crippen molar-refractivity contribution in [3.63, 3.8) is 0 Å². The van der Waals surface area contributed by atoms with Gasteiger partial charge in [-0.05, 0) is 29.8 Å². The van der Waals surface area contributed by atoms with Crippen LogP contribution in [0.2, 0.25) is 0 Å². The number of rotatable bonds is 3. The Bertz CT molecular complexity index is 551. The molecule has 0 amide bonds. The van der Waals surface area contributed by atoms with E-state index in [9.17, 15) is 19.7 Å². The van der Waals surface area contributed by atoms with Gasteiger partial charge in [0.1, 0.15) is 6.04 Å². The Morgan fingerprint density at radius 2 is 2.18 bits per heavy atom. The molecule has 0 aliphatic heterocycles. The van der Waals surface area contributed by atoms with Crippen molar-refractivity contribution in [1.29, 1.82) is 0 Å². The van der Waals surface area contributed by atoms with Gasteiger partial charge in [0.05, 0.1) is 15.6 Å². The molecular formula is C9H9BrN2O5. The van der Waals surface area contributed by atoms with Crippen LogP contribution in [0.3, 0.4) is 0 Å². The Kier molecular flexibility index (Phi) is 3.66. The minimum atomic E-state index is -1.24. The lowest BCUT2D eigenvalue weighted by Crippen LogP contribution is -2.29. The fourth-order valence-electron chi connectivity index (χ4n) is 1.26. The fourth-order valence-corrected chi connectivity index (χ4v) is 1.67. The molecule has 7 nitrogen and oxygen atoms in total. The van der Waals surface area contributed by atoms with Crippen LogP contribution in [-0.4, -0.2) is 20.6 Å². The molecule has 0 radical (unpaired) electrons. The molecule has 0 aromatic carbocycles. The smallest absolute Gasteiger partial charge is 0.326 e. The molecule has 0 aliphatic carbocycles. The van der Waals surface area contributed by atoms with E-state index in [1.165, 1.54) is 13.8 Å². The van der Waals surface area contributed by atoms with Crippen molar-refractivity contribution < 1.29 is 14.8 Å². The van der Waals surface area contributed by atoms with Crippen LogP contribution in [0.5, 0.6) is 0 Å². The number of carboxylic acid groups (broad SMARTS) is 1. The lowest BCUT2D eigenvalue weighted by molar-refractivity contribution is -0.386. The van der Waals surface area contributed by atoms with E-state index in [2.05, 4.69) is 15.9 Å². The Hall–Kier alpha value is -1.70. The second-order valence-electron chi connectivity index (χ2n) is 3.44. The summed E-state index contributed by atoms with van der Waals surface area (Å²) in [5.74, 6) is -1.24. The Morgan fingerprint density at radius 1 is 1.65 bits per heavy atom. The second kappa shape index (κ2) is 4.66. The standard InChI is InChI=1S/C9H9BrN2O5/c1-4-6(12(16)17)3-11(5(2)9(14)15)8(13)7(4)10/h3,5H,1-2H3,(H,14,15). The van der Waals surface area contributed by atoms with E-state index < -0.39 is 22.5 Å². The van der Waals surface area contributed by atoms with Crippen molar-refractivity contribution in [1.82, 2.24) is 4.57 Å². The van der Waals surface area contributed by atoms with E-state index in [4.69, 9.17) is 5.11 Å². The fraction of sp³-hybridized carbons (Fsp3) is 0.333. The van der Waals surface area contributed by atoms with Gasteiger partial charge in [-0.15, -0.1) is 0 Å². The lowest BCUT2D eigenvalue weighted by Gasteiger charge is -2.12. The van der Waals surface area contributed by atoms with Crippen LogP contribution in [0.15, 0.2) is 15.5 Å². The molecule has 1 heterocycles. The van der Waals surface area contributed by atoms with Crippen molar-refractivity contribution in [2.75, 3.05) is 0 Å². The number of carbonyl (C=O) groups is 1. The maximum Gasteiger partial charge on any atom is 0.326 e. The molecule has 1 N–H and O–H groups in total. The SMILES string of the molecule is Cc1c([N+](=O)[O-])cn(C(C)C(=O)O)c(=O)c1Br. The van der Waals surface area contributed by atoms with Gasteiger partial charge >= 0.3 is 5.97 Å². The van der Waals surface area contributed by atoms with Crippen LogP contribution in [-0.2, 0) is 4.79 Å². The molecule has 0 saturated heterocycles. The number of hydrogen-bond donors (Lipinski definition) is 1. The molecule has 92 valence electrons. The highest BCUT2D eigenvalue weighted by molar-refractivity contribution is 9.10. The molecule has 1 unspecified atom stereocenters. The minimum Gasteiger partial charge on any atom is -0.480 e. The summed E-state index contributed by atoms with van der Waals surface area (Å²) in [7, 11) is 0. The topological polar surface area (TPSA) is 102 Å². The Balaban J connectivity index is 3.59. The molecule has 0 saturated carbocycles. The minimum absolute atomic E-state index is 0.000185. The normalized spacial score (nSPS) is 12.2. The molecule has 1 atom stereocenters. The molecule has 8 heteroatoms. The first kappa shape index (κ1) is 13.4. The average molecular weight is 305 g/mol. The number of aromatic nitrogens is 1. The van der Waals surface area contributed by atoms with Gasteiger partial charge in [0.15, 0.2) is 0 Å². The van der Waals surface area contributed by atoms with Gasteiger partial charge in [-0.2, -0.15) is 0 Å². The largest absolute Gasteiger partial charge is 0.480 e. The van der Waals surface area contributed by atoms with Gasteiger partial charge in [0, 0.05) is 5.56 Å². The van der Waals surface area contributed by atoms with Crippen molar-refractivity contribution in [2.24, 2.45) is 0 Å². The molecule has 1 aromatic heterocycles. The van der Waals surface area contributed by atoms with E-state index in [1.807, 2.05) is 0 Å². The number of nitro groups is 1. The van der Waals surface area contributed by atoms with Gasteiger partial charge in [0.2, 0.25) is 0 Å². The van der Waals surface area contributed by atoms with E-state index in [1.54, 1.807) is 0 Å². The van der Waals surface area contributed by atoms with E-state index in [0.717, 1.165) is 10.8 Å². The van der Waals surface area contributed by atoms with E-state index in [0.29, 0.717) is 0 Å². The third kappa shape index (κ3) is 2.36. The zero-order chi connectivity index (χ0) is 13.3. The maximum atomic E-state index is 11.7. The summed E-state index contributed by atoms with van der Waals surface area (Å²) in [6.45, 7) is 2.69. The molecule has 0 spiro atoms. The quantitative estimate of drug-likeness (QED) is 0.673. The number of aliphatic carboxylic acids is 1. The van der Waals surface area contributed by atoms with Crippen LogP contribution in [0, 0.1) is 17.0 Å². The molecule has 1 aromatic rings. The van der Waals surface area contributed by atoms with Crippen molar-refractivity contribution in [3.05, 3.63) is 36.7 Å². The highest BCUT2D eigenvalue weighted by Gasteiger charge is 2.23. The molecule has 0 fully saturated rings. The monoisotopic (exact) mass is 304 g/mol. The first-order chi connectivity index (χ1) is 7.77. The molecule has 0 bridgehead atoms. The molecule has 0 aliphatic rings. The summed E-state index contributed by atoms with van der Waals surface area (Å²) in [5, 5.41) is 19.6. The van der Waals surface area contributed by atoms with E-state index >= 15 is 0 Å². The summed E-state index contributed by atoms with van der Waals surface area (Å²) in [6, 6.07) is -1.17. The highest BCUT2D eigenvalue weighted by Crippen LogP contribution is 2.23. The highest BCUT2D eigenvalue weighted by atomic mass is 79.9. The summed E-state index contributed by atoms with van der Waals surface area (Å²) in [4.78, 5) is 32.6. The van der Waals surface area contributed by atoms with Crippen molar-refractivity contribution in [2.45, 2.75) is 19.9 Å². The van der Waals surface area contributed by atoms with Gasteiger partial charge in [0.25, 0.3) is 11.2 Å². The maximum absolute atomic E-state index is 11.7. The molecule has 1 rings (SSSR count). The van der Waals surface area contributed by atoms with Crippen LogP contribution in [0.1, 0.15) is 18.5 Å². The number of nitrogens with zero attached hydrogens (tertiary/aromatic N) is 2. The predicted molar refractivity (Wildman–Crippen MR) is 62.1 cm³/mol. The van der Waals surface area contributed by atoms with Gasteiger partial charge in [-0.25, -0.2) is 4.79 Å². The van der Waals surface area contributed by atoms with Crippen molar-refractivity contribution >= 4 is 27.6 Å². The third-order valence-corrected chi connectivity index (χ3v) is 3.30. The van der Waals surface area contributed by atoms with Crippen LogP contribution in [0.25, 0.3) is 0 Å². The van der Waals surface area contributed by atoms with E-state index in [-0.39, 0.29) is 15.7 Å². The van der Waals surface area contributed by atoms with Gasteiger partial charge in [-0.3, -0.25) is 19.5 Å². The van der Waals surface area contributed by atoms with Gasteiger partial charge in [-0.1, -0.05) is 0 Å². The van der Waals surface area contributed by atoms with Gasteiger partial charge < -0.3 is 5.11 Å². The summed E-state index contributed by atoms with van der Waals surface area (Å²) in [6.07, 6.45) is 0.946. The van der Waals surface area contributed by atoms with Crippen molar-refractivity contribution in [3.8, 4) is 0 Å². The first-order valence-corrected chi connectivity index (χ1v) is 5.35. The van der Waals surface area contributed by atoms with Crippen LogP contribution >= 0.6 is 15.9 Å². The predicted octanol–water partition coefficient (Wildman–Crippen LogP) is 1.47. The molecule has 17 heavy (non-hydrogen) atoms. The number of hydrogen-bond acceptors (Lipinski definition) is 4. The third-order valence-electron chi connectivity index (χ3n) is 2.37. The average Bonchev–Trinajstić information content (AvgIpc) is 2.24. The Labute approximate surface area is 104 Å². The number of pyridine rings is 1. The lowest BCUT2D eigenvalue weighted by atomic mass is 10.2. The Morgan fingerprint density at radius 3 is 2.59 bits per heavy atom. The summed E-state index contributed by atoms with van der Waals surface area (Å²) < 4.78 is 0.817. The van der Waals surface area contributed by atoms with Crippen LogP contribution < -0.4 is 5.56 Å². The zero-order valence-corrected chi connectivity index (χ0v) is 10.6. The summed E-state index contributed by atoms with van der Waals surface area (Å²) >= 11 is 2.94. The first-order valence-electron chi connectivity index (χ1n) is 4.55. The zero-order valence-electron chi connectivity index (χ0n) is 9.01. The number of halogens is 1. The molecular weight excluding hydrogens is 296 g/mol.